The van der Waals surface area contributed by atoms with Crippen molar-refractivity contribution in [2.24, 2.45) is 11.3 Å². The van der Waals surface area contributed by atoms with Crippen molar-refractivity contribution in [2.75, 3.05) is 13.7 Å². The fraction of sp³-hybridized carbons (Fsp3) is 1.00. The Labute approximate surface area is 80.6 Å². The lowest BCUT2D eigenvalue weighted by Crippen LogP contribution is -2.25. The van der Waals surface area contributed by atoms with Crippen molar-refractivity contribution in [1.29, 1.82) is 0 Å². The van der Waals surface area contributed by atoms with Gasteiger partial charge in [-0.25, -0.2) is 0 Å². The van der Waals surface area contributed by atoms with E-state index in [4.69, 9.17) is 9.47 Å². The average molecular weight is 184 g/mol. The zero-order valence-electron chi connectivity index (χ0n) is 9.09. The Bertz CT molecular complexity index is 212. The molecule has 0 amide bonds. The van der Waals surface area contributed by atoms with Crippen LogP contribution in [0.25, 0.3) is 0 Å². The fourth-order valence-electron chi connectivity index (χ4n) is 3.03. The SMILES string of the molecule is COCC[C@H]1C[C@]2(C)O[C@@H]2C1(C)C. The number of rotatable bonds is 3. The van der Waals surface area contributed by atoms with E-state index in [0.29, 0.717) is 11.5 Å². The van der Waals surface area contributed by atoms with Crippen molar-refractivity contribution in [3.8, 4) is 0 Å². The van der Waals surface area contributed by atoms with Crippen LogP contribution in [0.15, 0.2) is 0 Å². The highest BCUT2D eigenvalue weighted by Crippen LogP contribution is 2.62. The minimum absolute atomic E-state index is 0.210. The highest BCUT2D eigenvalue weighted by molar-refractivity contribution is 5.15. The van der Waals surface area contributed by atoms with E-state index in [2.05, 4.69) is 20.8 Å². The minimum atomic E-state index is 0.210. The molecule has 2 rings (SSSR count). The lowest BCUT2D eigenvalue weighted by atomic mass is 9.79. The summed E-state index contributed by atoms with van der Waals surface area (Å²) >= 11 is 0. The standard InChI is InChI=1S/C11H20O2/c1-10(2)8(5-6-12-4)7-11(3)9(10)13-11/h8-9H,5-7H2,1-4H3/t8-,9+,11-/m0/s1. The molecule has 76 valence electrons. The second-order valence-electron chi connectivity index (χ2n) is 5.31. The molecule has 2 aliphatic rings. The van der Waals surface area contributed by atoms with Gasteiger partial charge in [-0.05, 0) is 31.1 Å². The van der Waals surface area contributed by atoms with Gasteiger partial charge in [-0.3, -0.25) is 0 Å². The fourth-order valence-corrected chi connectivity index (χ4v) is 3.03. The van der Waals surface area contributed by atoms with Crippen LogP contribution in [0.1, 0.15) is 33.6 Å². The second kappa shape index (κ2) is 2.71. The van der Waals surface area contributed by atoms with Crippen molar-refractivity contribution in [3.63, 3.8) is 0 Å². The molecule has 0 radical (unpaired) electrons. The predicted molar refractivity (Wildman–Crippen MR) is 51.7 cm³/mol. The van der Waals surface area contributed by atoms with Crippen molar-refractivity contribution < 1.29 is 9.47 Å². The Kier molecular flexibility index (Phi) is 1.97. The zero-order valence-corrected chi connectivity index (χ0v) is 9.09. The van der Waals surface area contributed by atoms with Crippen LogP contribution in [0.3, 0.4) is 0 Å². The molecule has 0 aromatic carbocycles. The van der Waals surface area contributed by atoms with E-state index in [-0.39, 0.29) is 5.60 Å². The van der Waals surface area contributed by atoms with Gasteiger partial charge in [-0.1, -0.05) is 13.8 Å². The first kappa shape index (κ1) is 9.47. The normalized spacial score (nSPS) is 46.2. The first-order valence-corrected chi connectivity index (χ1v) is 5.17. The summed E-state index contributed by atoms with van der Waals surface area (Å²) in [4.78, 5) is 0. The third kappa shape index (κ3) is 1.31. The van der Waals surface area contributed by atoms with Crippen LogP contribution in [0.5, 0.6) is 0 Å². The van der Waals surface area contributed by atoms with Crippen LogP contribution in [0, 0.1) is 11.3 Å². The number of hydrogen-bond acceptors (Lipinski definition) is 2. The summed E-state index contributed by atoms with van der Waals surface area (Å²) in [5.74, 6) is 0.774. The molecular formula is C11H20O2. The van der Waals surface area contributed by atoms with Gasteiger partial charge in [0.25, 0.3) is 0 Å². The third-order valence-electron chi connectivity index (χ3n) is 3.93. The maximum absolute atomic E-state index is 5.72. The third-order valence-corrected chi connectivity index (χ3v) is 3.93. The number of ether oxygens (including phenoxy) is 2. The Hall–Kier alpha value is -0.0800. The quantitative estimate of drug-likeness (QED) is 0.627. The van der Waals surface area contributed by atoms with Gasteiger partial charge in [0.2, 0.25) is 0 Å². The van der Waals surface area contributed by atoms with E-state index in [9.17, 15) is 0 Å². The summed E-state index contributed by atoms with van der Waals surface area (Å²) in [7, 11) is 1.78. The molecule has 2 nitrogen and oxygen atoms in total. The molecule has 13 heavy (non-hydrogen) atoms. The van der Waals surface area contributed by atoms with Gasteiger partial charge in [0.05, 0.1) is 11.7 Å². The second-order valence-corrected chi connectivity index (χ2v) is 5.31. The molecule has 1 heterocycles. The Morgan fingerprint density at radius 1 is 1.38 bits per heavy atom. The number of fused-ring (bicyclic) bond motifs is 1. The van der Waals surface area contributed by atoms with E-state index >= 15 is 0 Å². The summed E-state index contributed by atoms with van der Waals surface area (Å²) < 4.78 is 10.9. The molecule has 0 aromatic rings. The van der Waals surface area contributed by atoms with Crippen LogP contribution in [0.2, 0.25) is 0 Å². The maximum atomic E-state index is 5.72. The Morgan fingerprint density at radius 3 is 2.54 bits per heavy atom. The lowest BCUT2D eigenvalue weighted by molar-refractivity contribution is 0.0797. The molecule has 0 spiro atoms. The van der Waals surface area contributed by atoms with Gasteiger partial charge < -0.3 is 9.47 Å². The number of hydrogen-bond donors (Lipinski definition) is 0. The van der Waals surface area contributed by atoms with E-state index in [1.165, 1.54) is 12.8 Å². The van der Waals surface area contributed by atoms with Gasteiger partial charge in [0, 0.05) is 13.7 Å². The molecule has 1 aliphatic heterocycles. The molecule has 0 N–H and O–H groups in total. The molecule has 0 unspecified atom stereocenters. The lowest BCUT2D eigenvalue weighted by Gasteiger charge is -2.28. The topological polar surface area (TPSA) is 21.8 Å². The summed E-state index contributed by atoms with van der Waals surface area (Å²) in [6.07, 6.45) is 2.90. The predicted octanol–water partition coefficient (Wildman–Crippen LogP) is 2.23. The molecule has 0 aromatic heterocycles. The molecule has 1 aliphatic carbocycles. The minimum Gasteiger partial charge on any atom is -0.385 e. The average Bonchev–Trinajstić information content (AvgIpc) is 2.67. The number of methoxy groups -OCH3 is 1. The largest absolute Gasteiger partial charge is 0.385 e. The van der Waals surface area contributed by atoms with Crippen molar-refractivity contribution in [1.82, 2.24) is 0 Å². The summed E-state index contributed by atoms with van der Waals surface area (Å²) in [5, 5.41) is 0. The first-order valence-electron chi connectivity index (χ1n) is 5.17. The van der Waals surface area contributed by atoms with Crippen molar-refractivity contribution in [3.05, 3.63) is 0 Å². The van der Waals surface area contributed by atoms with E-state index in [1.54, 1.807) is 7.11 Å². The van der Waals surface area contributed by atoms with Crippen molar-refractivity contribution >= 4 is 0 Å². The first-order chi connectivity index (χ1) is 6.00. The molecule has 1 saturated heterocycles. The van der Waals surface area contributed by atoms with Gasteiger partial charge in [-0.2, -0.15) is 0 Å². The van der Waals surface area contributed by atoms with E-state index in [1.807, 2.05) is 0 Å². The summed E-state index contributed by atoms with van der Waals surface area (Å²) in [5.41, 5.74) is 0.565. The summed E-state index contributed by atoms with van der Waals surface area (Å²) in [6.45, 7) is 7.79. The van der Waals surface area contributed by atoms with Crippen LogP contribution in [0.4, 0.5) is 0 Å². The molecule has 2 heteroatoms. The van der Waals surface area contributed by atoms with Gasteiger partial charge in [-0.15, -0.1) is 0 Å². The smallest absolute Gasteiger partial charge is 0.0929 e. The van der Waals surface area contributed by atoms with Crippen LogP contribution in [-0.4, -0.2) is 25.4 Å². The van der Waals surface area contributed by atoms with E-state index in [0.717, 1.165) is 12.5 Å². The molecule has 0 bridgehead atoms. The highest BCUT2D eigenvalue weighted by Gasteiger charge is 2.68. The highest BCUT2D eigenvalue weighted by atomic mass is 16.6. The van der Waals surface area contributed by atoms with E-state index < -0.39 is 0 Å². The van der Waals surface area contributed by atoms with Crippen LogP contribution < -0.4 is 0 Å². The van der Waals surface area contributed by atoms with Gasteiger partial charge >= 0.3 is 0 Å². The van der Waals surface area contributed by atoms with Crippen LogP contribution >= 0.6 is 0 Å². The Morgan fingerprint density at radius 2 is 2.08 bits per heavy atom. The molecule has 3 atom stereocenters. The number of epoxide rings is 1. The van der Waals surface area contributed by atoms with Gasteiger partial charge in [0.1, 0.15) is 0 Å². The van der Waals surface area contributed by atoms with Crippen molar-refractivity contribution in [2.45, 2.75) is 45.3 Å². The van der Waals surface area contributed by atoms with Gasteiger partial charge in [0.15, 0.2) is 0 Å². The monoisotopic (exact) mass is 184 g/mol. The maximum Gasteiger partial charge on any atom is 0.0929 e. The Balaban J connectivity index is 1.99. The molecule has 2 fully saturated rings. The molecule has 1 saturated carbocycles. The zero-order chi connectivity index (χ0) is 9.69. The molecular weight excluding hydrogens is 164 g/mol. The summed E-state index contributed by atoms with van der Waals surface area (Å²) in [6, 6.07) is 0. The van der Waals surface area contributed by atoms with Crippen LogP contribution in [-0.2, 0) is 9.47 Å².